The minimum atomic E-state index is -5.11. The molecular weight excluding hydrogens is 539 g/mol. The van der Waals surface area contributed by atoms with E-state index in [1.165, 1.54) is 11.5 Å². The van der Waals surface area contributed by atoms with Crippen molar-refractivity contribution in [3.63, 3.8) is 0 Å². The molecule has 1 amide bonds. The second-order valence-electron chi connectivity index (χ2n) is 9.03. The molecule has 6 nitrogen and oxygen atoms in total. The van der Waals surface area contributed by atoms with Crippen molar-refractivity contribution in [1.29, 1.82) is 0 Å². The van der Waals surface area contributed by atoms with Crippen LogP contribution in [0.1, 0.15) is 36.6 Å². The predicted octanol–water partition coefficient (Wildman–Crippen LogP) is 6.08. The van der Waals surface area contributed by atoms with Crippen LogP contribution in [-0.2, 0) is 23.6 Å². The average molecular weight is 562 g/mol. The molecule has 1 saturated heterocycles. The molecular formula is C23H23F9N2O4. The van der Waals surface area contributed by atoms with E-state index in [9.17, 15) is 49.4 Å². The number of halogens is 9. The zero-order chi connectivity index (χ0) is 28.7. The minimum absolute atomic E-state index is 0.00741. The molecule has 1 aliphatic rings. The number of ether oxygens (including phenoxy) is 2. The molecule has 0 saturated carbocycles. The number of nitrogens with zero attached hydrogens (tertiary/aromatic N) is 1. The highest BCUT2D eigenvalue weighted by atomic mass is 19.4. The predicted molar refractivity (Wildman–Crippen MR) is 114 cm³/mol. The van der Waals surface area contributed by atoms with Crippen LogP contribution in [0.5, 0.6) is 5.75 Å². The molecule has 2 N–H and O–H groups in total. The molecule has 0 aliphatic carbocycles. The number of carbonyl (C=O) groups is 1. The zero-order valence-corrected chi connectivity index (χ0v) is 19.9. The van der Waals surface area contributed by atoms with Gasteiger partial charge in [-0.1, -0.05) is 0 Å². The van der Waals surface area contributed by atoms with Crippen molar-refractivity contribution in [2.45, 2.75) is 63.5 Å². The van der Waals surface area contributed by atoms with Crippen LogP contribution in [0.4, 0.5) is 44.3 Å². The fourth-order valence-electron chi connectivity index (χ4n) is 3.77. The highest BCUT2D eigenvalue weighted by Gasteiger charge is 2.50. The Bertz CT molecular complexity index is 1130. The van der Waals surface area contributed by atoms with E-state index in [0.717, 1.165) is 6.07 Å². The van der Waals surface area contributed by atoms with Gasteiger partial charge in [0.2, 0.25) is 0 Å². The van der Waals surface area contributed by atoms with Gasteiger partial charge in [0.05, 0.1) is 35.2 Å². The topological polar surface area (TPSA) is 72.7 Å². The Morgan fingerprint density at radius 1 is 1.05 bits per heavy atom. The van der Waals surface area contributed by atoms with E-state index in [0.29, 0.717) is 38.5 Å². The van der Waals surface area contributed by atoms with Gasteiger partial charge >= 0.3 is 24.6 Å². The molecule has 2 aromatic rings. The molecule has 0 bridgehead atoms. The van der Waals surface area contributed by atoms with Crippen molar-refractivity contribution in [3.8, 4) is 17.0 Å². The second kappa shape index (κ2) is 10.3. The number of nitrogens with one attached hydrogen (secondary N) is 1. The molecule has 1 aromatic carbocycles. The summed E-state index contributed by atoms with van der Waals surface area (Å²) in [6, 6.07) is 2.02. The van der Waals surface area contributed by atoms with Gasteiger partial charge in [0, 0.05) is 19.2 Å². The van der Waals surface area contributed by atoms with Crippen molar-refractivity contribution in [1.82, 2.24) is 9.88 Å². The van der Waals surface area contributed by atoms with Crippen LogP contribution in [0, 0.1) is 6.92 Å². The quantitative estimate of drug-likeness (QED) is 0.419. The molecule has 0 spiro atoms. The van der Waals surface area contributed by atoms with Crippen LogP contribution in [0.25, 0.3) is 11.3 Å². The monoisotopic (exact) mass is 562 g/mol. The molecule has 1 unspecified atom stereocenters. The Labute approximate surface area is 210 Å². The number of carbonyl (C=O) groups excluding carboxylic acids is 1. The van der Waals surface area contributed by atoms with E-state index in [-0.39, 0.29) is 29.7 Å². The second-order valence-corrected chi connectivity index (χ2v) is 9.03. The van der Waals surface area contributed by atoms with Gasteiger partial charge in [-0.3, -0.25) is 0 Å². The van der Waals surface area contributed by atoms with Gasteiger partial charge in [-0.05, 0) is 50.5 Å². The number of aliphatic hydroxyl groups is 1. The van der Waals surface area contributed by atoms with Gasteiger partial charge < -0.3 is 24.5 Å². The third kappa shape index (κ3) is 6.73. The van der Waals surface area contributed by atoms with Crippen LogP contribution >= 0.6 is 0 Å². The number of alkyl halides is 9. The molecule has 2 heterocycles. The molecule has 38 heavy (non-hydrogen) atoms. The average Bonchev–Trinajstić information content (AvgIpc) is 3.39. The van der Waals surface area contributed by atoms with Crippen molar-refractivity contribution < 1.29 is 58.9 Å². The van der Waals surface area contributed by atoms with Crippen LogP contribution in [-0.4, -0.2) is 46.8 Å². The Hall–Kier alpha value is -2.94. The molecule has 1 aliphatic heterocycles. The minimum Gasteiger partial charge on any atom is -0.408 e. The maximum Gasteiger partial charge on any atom is 0.418 e. The number of benzene rings is 1. The first-order valence-electron chi connectivity index (χ1n) is 11.2. The van der Waals surface area contributed by atoms with Crippen LogP contribution < -0.4 is 10.1 Å². The SMILES string of the molecule is Cc1c(OC(=O)NCC(C)(O)C(F)(F)F)cc(-c2cc(C(F)(F)F)cc(C(F)(F)F)c2)n1C[C@H]1CCCO1. The van der Waals surface area contributed by atoms with E-state index in [1.54, 1.807) is 5.32 Å². The van der Waals surface area contributed by atoms with E-state index in [2.05, 4.69) is 0 Å². The largest absolute Gasteiger partial charge is 0.418 e. The Morgan fingerprint density at radius 2 is 1.63 bits per heavy atom. The van der Waals surface area contributed by atoms with E-state index in [4.69, 9.17) is 9.47 Å². The molecule has 3 rings (SSSR count). The normalized spacial score (nSPS) is 18.4. The fraction of sp³-hybridized carbons (Fsp3) is 0.522. The van der Waals surface area contributed by atoms with Crippen LogP contribution in [0.15, 0.2) is 24.3 Å². The fourth-order valence-corrected chi connectivity index (χ4v) is 3.77. The smallest absolute Gasteiger partial charge is 0.408 e. The summed E-state index contributed by atoms with van der Waals surface area (Å²) in [7, 11) is 0. The summed E-state index contributed by atoms with van der Waals surface area (Å²) in [5.41, 5.74) is -6.95. The van der Waals surface area contributed by atoms with Crippen LogP contribution in [0.3, 0.4) is 0 Å². The van der Waals surface area contributed by atoms with Gasteiger partial charge in [-0.15, -0.1) is 0 Å². The molecule has 1 fully saturated rings. The maximum absolute atomic E-state index is 13.4. The van der Waals surface area contributed by atoms with Gasteiger partial charge in [0.15, 0.2) is 11.4 Å². The molecule has 0 radical (unpaired) electrons. The lowest BCUT2D eigenvalue weighted by molar-refractivity contribution is -0.249. The molecule has 2 atom stereocenters. The van der Waals surface area contributed by atoms with Gasteiger partial charge in [0.1, 0.15) is 0 Å². The summed E-state index contributed by atoms with van der Waals surface area (Å²) in [6.45, 7) is 0.895. The van der Waals surface area contributed by atoms with Gasteiger partial charge in [0.25, 0.3) is 0 Å². The van der Waals surface area contributed by atoms with E-state index < -0.39 is 59.6 Å². The third-order valence-electron chi connectivity index (χ3n) is 6.00. The lowest BCUT2D eigenvalue weighted by Gasteiger charge is -2.26. The summed E-state index contributed by atoms with van der Waals surface area (Å²) in [4.78, 5) is 12.2. The Morgan fingerprint density at radius 3 is 2.11 bits per heavy atom. The summed E-state index contributed by atoms with van der Waals surface area (Å²) < 4.78 is 131. The maximum atomic E-state index is 13.4. The third-order valence-corrected chi connectivity index (χ3v) is 6.00. The highest BCUT2D eigenvalue weighted by molar-refractivity contribution is 5.73. The first-order valence-corrected chi connectivity index (χ1v) is 11.2. The molecule has 15 heteroatoms. The van der Waals surface area contributed by atoms with E-state index in [1.807, 2.05) is 0 Å². The molecule has 212 valence electrons. The van der Waals surface area contributed by atoms with E-state index >= 15 is 0 Å². The van der Waals surface area contributed by atoms with Crippen LogP contribution in [0.2, 0.25) is 0 Å². The number of rotatable bonds is 6. The van der Waals surface area contributed by atoms with Crippen molar-refractivity contribution in [2.75, 3.05) is 13.2 Å². The summed E-state index contributed by atoms with van der Waals surface area (Å²) >= 11 is 0. The lowest BCUT2D eigenvalue weighted by atomic mass is 10.0. The Balaban J connectivity index is 2.02. The summed E-state index contributed by atoms with van der Waals surface area (Å²) in [5, 5.41) is 11.2. The Kier molecular flexibility index (Phi) is 8.04. The summed E-state index contributed by atoms with van der Waals surface area (Å²) in [5.74, 6) is -0.326. The highest BCUT2D eigenvalue weighted by Crippen LogP contribution is 2.40. The first-order chi connectivity index (χ1) is 17.3. The summed E-state index contributed by atoms with van der Waals surface area (Å²) in [6.07, 6.45) is -15.9. The van der Waals surface area contributed by atoms with Crippen molar-refractivity contribution in [3.05, 3.63) is 41.1 Å². The first kappa shape index (κ1) is 29.6. The standard InChI is InChI=1S/C23H23F9N2O4/c1-12-18(38-19(35)33-11-20(2,36)23(30,31)32)9-17(34(12)10-16-4-3-5-37-16)13-6-14(21(24,25)26)8-15(7-13)22(27,28)29/h6-9,16,36H,3-5,10-11H2,1-2H3,(H,33,35)/t16-,20?/m1/s1. The zero-order valence-electron chi connectivity index (χ0n) is 19.9. The van der Waals surface area contributed by atoms with Crippen molar-refractivity contribution >= 4 is 6.09 Å². The van der Waals surface area contributed by atoms with Gasteiger partial charge in [-0.2, -0.15) is 39.5 Å². The molecule has 1 aromatic heterocycles. The number of hydrogen-bond donors (Lipinski definition) is 2. The number of amides is 1. The van der Waals surface area contributed by atoms with Gasteiger partial charge in [-0.25, -0.2) is 4.79 Å². The van der Waals surface area contributed by atoms with Crippen molar-refractivity contribution in [2.24, 2.45) is 0 Å². The lowest BCUT2D eigenvalue weighted by Crippen LogP contribution is -2.51. The number of hydrogen-bond acceptors (Lipinski definition) is 4. The number of aromatic nitrogens is 1.